The molecule has 36 heavy (non-hydrogen) atoms. The molecule has 0 saturated carbocycles. The van der Waals surface area contributed by atoms with Crippen LogP contribution >= 0.6 is 0 Å². The van der Waals surface area contributed by atoms with Crippen LogP contribution in [0, 0.1) is 11.3 Å². The lowest BCUT2D eigenvalue weighted by atomic mass is 10.0. The molecule has 0 radical (unpaired) electrons. The van der Waals surface area contributed by atoms with E-state index in [1.165, 1.54) is 0 Å². The van der Waals surface area contributed by atoms with Crippen molar-refractivity contribution in [2.45, 2.75) is 39.2 Å². The van der Waals surface area contributed by atoms with Gasteiger partial charge in [-0.05, 0) is 69.5 Å². The third kappa shape index (κ3) is 7.09. The fourth-order valence-electron chi connectivity index (χ4n) is 4.59. The van der Waals surface area contributed by atoms with E-state index in [1.54, 1.807) is 6.26 Å². The van der Waals surface area contributed by atoms with Gasteiger partial charge in [0.25, 0.3) is 0 Å². The summed E-state index contributed by atoms with van der Waals surface area (Å²) < 4.78 is 11.8. The van der Waals surface area contributed by atoms with Gasteiger partial charge >= 0.3 is 0 Å². The van der Waals surface area contributed by atoms with Crippen molar-refractivity contribution in [2.24, 2.45) is 0 Å². The molecule has 1 saturated heterocycles. The van der Waals surface area contributed by atoms with Crippen LogP contribution in [-0.2, 0) is 4.79 Å². The first-order valence-corrected chi connectivity index (χ1v) is 12.9. The first-order valence-electron chi connectivity index (χ1n) is 12.9. The predicted octanol–water partition coefficient (Wildman–Crippen LogP) is 4.66. The van der Waals surface area contributed by atoms with Crippen molar-refractivity contribution in [3.8, 4) is 22.9 Å². The van der Waals surface area contributed by atoms with Crippen LogP contribution in [0.1, 0.15) is 38.7 Å². The number of piperazine rings is 1. The van der Waals surface area contributed by atoms with Crippen molar-refractivity contribution in [3.05, 3.63) is 54.3 Å². The van der Waals surface area contributed by atoms with Gasteiger partial charge in [-0.15, -0.1) is 0 Å². The highest BCUT2D eigenvalue weighted by molar-refractivity contribution is 5.94. The van der Waals surface area contributed by atoms with Gasteiger partial charge in [-0.2, -0.15) is 5.26 Å². The molecule has 7 heteroatoms. The van der Waals surface area contributed by atoms with E-state index in [1.807, 2.05) is 56.3 Å². The summed E-state index contributed by atoms with van der Waals surface area (Å²) in [6.07, 6.45) is 5.06. The Morgan fingerprint density at radius 1 is 1.06 bits per heavy atom. The average Bonchev–Trinajstić information content (AvgIpc) is 3.30. The number of amides is 1. The zero-order valence-electron chi connectivity index (χ0n) is 21.3. The molecule has 0 bridgehead atoms. The van der Waals surface area contributed by atoms with Gasteiger partial charge < -0.3 is 19.4 Å². The minimum atomic E-state index is 0.122. The molecule has 0 atom stereocenters. The van der Waals surface area contributed by atoms with Crippen molar-refractivity contribution in [1.29, 1.82) is 5.26 Å². The first kappa shape index (κ1) is 25.7. The molecule has 1 fully saturated rings. The second-order valence-electron chi connectivity index (χ2n) is 9.75. The minimum Gasteiger partial charge on any atom is -0.493 e. The van der Waals surface area contributed by atoms with Crippen LogP contribution in [0.25, 0.3) is 22.1 Å². The minimum absolute atomic E-state index is 0.122. The molecule has 1 amide bonds. The zero-order valence-corrected chi connectivity index (χ0v) is 21.3. The van der Waals surface area contributed by atoms with Crippen molar-refractivity contribution in [1.82, 2.24) is 15.1 Å². The molecule has 190 valence electrons. The highest BCUT2D eigenvalue weighted by Crippen LogP contribution is 2.33. The van der Waals surface area contributed by atoms with Crippen LogP contribution in [0.2, 0.25) is 0 Å². The number of nitrogens with zero attached hydrogens (tertiary/aromatic N) is 3. The first-order chi connectivity index (χ1) is 17.5. The molecule has 1 aromatic heterocycles. The summed E-state index contributed by atoms with van der Waals surface area (Å²) in [5.41, 5.74) is 3.49. The number of hydrogen-bond acceptors (Lipinski definition) is 6. The van der Waals surface area contributed by atoms with Crippen molar-refractivity contribution in [3.63, 3.8) is 0 Å². The fraction of sp³-hybridized carbons (Fsp3) is 0.448. The maximum absolute atomic E-state index is 11.9. The van der Waals surface area contributed by atoms with Gasteiger partial charge in [0.2, 0.25) is 5.91 Å². The Kier molecular flexibility index (Phi) is 8.99. The Hall–Kier alpha value is -3.34. The van der Waals surface area contributed by atoms with Crippen molar-refractivity contribution in [2.75, 3.05) is 45.9 Å². The number of benzene rings is 2. The number of rotatable bonds is 11. The number of carbonyl (C=O) groups excluding carboxylic acids is 1. The standard InChI is InChI=1S/C29H36N4O3/c1-22(2)31-29(34)20-33-15-13-32(14-16-33)12-4-3-5-17-35-25-10-11-26-27(21-36-28(26)18-25)24-8-6-23(19-30)7-9-24/h6-11,18,21-22H,3-5,12-17,20H2,1-2H3,(H,31,34). The van der Waals surface area contributed by atoms with Crippen LogP contribution in [0.15, 0.2) is 53.1 Å². The summed E-state index contributed by atoms with van der Waals surface area (Å²) >= 11 is 0. The van der Waals surface area contributed by atoms with E-state index in [0.717, 1.165) is 79.8 Å². The molecule has 2 aromatic carbocycles. The summed E-state index contributed by atoms with van der Waals surface area (Å²) in [5, 5.41) is 13.0. The smallest absolute Gasteiger partial charge is 0.234 e. The summed E-state index contributed by atoms with van der Waals surface area (Å²) in [6, 6.07) is 15.8. The average molecular weight is 489 g/mol. The van der Waals surface area contributed by atoms with E-state index >= 15 is 0 Å². The van der Waals surface area contributed by atoms with E-state index in [0.29, 0.717) is 18.7 Å². The number of carbonyl (C=O) groups is 1. The molecular formula is C29H36N4O3. The summed E-state index contributed by atoms with van der Waals surface area (Å²) in [5.74, 6) is 0.942. The monoisotopic (exact) mass is 488 g/mol. The lowest BCUT2D eigenvalue weighted by molar-refractivity contribution is -0.123. The second-order valence-corrected chi connectivity index (χ2v) is 9.75. The van der Waals surface area contributed by atoms with Gasteiger partial charge in [0.1, 0.15) is 11.3 Å². The number of nitriles is 1. The lowest BCUT2D eigenvalue weighted by Gasteiger charge is -2.34. The van der Waals surface area contributed by atoms with Gasteiger partial charge in [0.05, 0.1) is 31.0 Å². The molecule has 3 aromatic rings. The van der Waals surface area contributed by atoms with Gasteiger partial charge in [-0.25, -0.2) is 0 Å². The third-order valence-electron chi connectivity index (χ3n) is 6.54. The number of fused-ring (bicyclic) bond motifs is 1. The topological polar surface area (TPSA) is 81.7 Å². The summed E-state index contributed by atoms with van der Waals surface area (Å²) in [6.45, 7) is 10.2. The van der Waals surface area contributed by atoms with Crippen LogP contribution in [-0.4, -0.2) is 67.6 Å². The van der Waals surface area contributed by atoms with E-state index in [-0.39, 0.29) is 11.9 Å². The molecule has 2 heterocycles. The maximum Gasteiger partial charge on any atom is 0.234 e. The molecule has 7 nitrogen and oxygen atoms in total. The van der Waals surface area contributed by atoms with E-state index in [9.17, 15) is 4.79 Å². The van der Waals surface area contributed by atoms with E-state index < -0.39 is 0 Å². The van der Waals surface area contributed by atoms with Crippen molar-refractivity contribution >= 4 is 16.9 Å². The zero-order chi connectivity index (χ0) is 25.3. The Labute approximate surface area is 213 Å². The van der Waals surface area contributed by atoms with E-state index in [4.69, 9.17) is 14.4 Å². The van der Waals surface area contributed by atoms with Gasteiger partial charge in [0, 0.05) is 49.2 Å². The Morgan fingerprint density at radius 3 is 2.53 bits per heavy atom. The SMILES string of the molecule is CC(C)NC(=O)CN1CCN(CCCCCOc2ccc3c(-c4ccc(C#N)cc4)coc3c2)CC1. The van der Waals surface area contributed by atoms with Gasteiger partial charge in [-0.3, -0.25) is 9.69 Å². The van der Waals surface area contributed by atoms with Gasteiger partial charge in [-0.1, -0.05) is 12.1 Å². The second kappa shape index (κ2) is 12.6. The quantitative estimate of drug-likeness (QED) is 0.395. The predicted molar refractivity (Wildman–Crippen MR) is 142 cm³/mol. The molecule has 0 unspecified atom stereocenters. The highest BCUT2D eigenvalue weighted by Gasteiger charge is 2.18. The Morgan fingerprint density at radius 2 is 1.81 bits per heavy atom. The molecule has 4 rings (SSSR count). The largest absolute Gasteiger partial charge is 0.493 e. The number of nitrogens with one attached hydrogen (secondary N) is 1. The van der Waals surface area contributed by atoms with Crippen LogP contribution in [0.4, 0.5) is 0 Å². The van der Waals surface area contributed by atoms with Crippen LogP contribution in [0.5, 0.6) is 5.75 Å². The van der Waals surface area contributed by atoms with Crippen molar-refractivity contribution < 1.29 is 13.9 Å². The lowest BCUT2D eigenvalue weighted by Crippen LogP contribution is -2.50. The van der Waals surface area contributed by atoms with Gasteiger partial charge in [0.15, 0.2) is 0 Å². The number of unbranched alkanes of at least 4 members (excludes halogenated alkanes) is 2. The summed E-state index contributed by atoms with van der Waals surface area (Å²) in [4.78, 5) is 16.7. The fourth-order valence-corrected chi connectivity index (χ4v) is 4.59. The number of furan rings is 1. The Bertz CT molecular complexity index is 1170. The van der Waals surface area contributed by atoms with Crippen LogP contribution in [0.3, 0.4) is 0 Å². The molecule has 0 aliphatic carbocycles. The molecule has 1 aliphatic heterocycles. The van der Waals surface area contributed by atoms with E-state index in [2.05, 4.69) is 21.2 Å². The maximum atomic E-state index is 11.9. The molecule has 0 spiro atoms. The molecule has 1 aliphatic rings. The number of ether oxygens (including phenoxy) is 1. The normalized spacial score (nSPS) is 14.7. The Balaban J connectivity index is 1.13. The highest BCUT2D eigenvalue weighted by atomic mass is 16.5. The third-order valence-corrected chi connectivity index (χ3v) is 6.54. The summed E-state index contributed by atoms with van der Waals surface area (Å²) in [7, 11) is 0. The number of hydrogen-bond donors (Lipinski definition) is 1. The molecular weight excluding hydrogens is 452 g/mol. The molecule has 1 N–H and O–H groups in total. The van der Waals surface area contributed by atoms with Crippen LogP contribution < -0.4 is 10.1 Å².